The molecule has 0 unspecified atom stereocenters. The van der Waals surface area contributed by atoms with Gasteiger partial charge in [0.1, 0.15) is 17.7 Å². The molecule has 0 N–H and O–H groups in total. The molecular weight excluding hydrogens is 246 g/mol. The van der Waals surface area contributed by atoms with Crippen molar-refractivity contribution in [2.75, 3.05) is 0 Å². The fourth-order valence-electron chi connectivity index (χ4n) is 2.53. The van der Waals surface area contributed by atoms with E-state index in [4.69, 9.17) is 10.5 Å². The number of nitriles is 2. The molecular formula is C17H11N3. The maximum absolute atomic E-state index is 8.83. The SMILES string of the molecule is Cn1c2ccccc2c2cc(C=C(C#N)C#N)ccc21. The van der Waals surface area contributed by atoms with E-state index in [0.29, 0.717) is 0 Å². The van der Waals surface area contributed by atoms with E-state index in [0.717, 1.165) is 16.5 Å². The molecule has 0 saturated heterocycles. The topological polar surface area (TPSA) is 52.5 Å². The highest BCUT2D eigenvalue weighted by Gasteiger charge is 2.07. The van der Waals surface area contributed by atoms with E-state index in [-0.39, 0.29) is 5.57 Å². The van der Waals surface area contributed by atoms with Crippen LogP contribution in [0.3, 0.4) is 0 Å². The molecule has 0 radical (unpaired) electrons. The number of hydrogen-bond donors (Lipinski definition) is 0. The van der Waals surface area contributed by atoms with Gasteiger partial charge < -0.3 is 4.57 Å². The monoisotopic (exact) mass is 257 g/mol. The summed E-state index contributed by atoms with van der Waals surface area (Å²) in [5.41, 5.74) is 3.29. The van der Waals surface area contributed by atoms with Crippen LogP contribution in [0.5, 0.6) is 0 Å². The summed E-state index contributed by atoms with van der Waals surface area (Å²) in [7, 11) is 2.04. The minimum absolute atomic E-state index is 0.115. The third-order valence-electron chi connectivity index (χ3n) is 3.49. The van der Waals surface area contributed by atoms with Crippen LogP contribution < -0.4 is 0 Å². The second-order valence-electron chi connectivity index (χ2n) is 4.63. The van der Waals surface area contributed by atoms with E-state index < -0.39 is 0 Å². The lowest BCUT2D eigenvalue weighted by atomic mass is 10.1. The van der Waals surface area contributed by atoms with Crippen LogP contribution in [-0.4, -0.2) is 4.57 Å². The molecule has 1 heterocycles. The highest BCUT2D eigenvalue weighted by atomic mass is 14.9. The minimum Gasteiger partial charge on any atom is -0.344 e. The molecule has 3 nitrogen and oxygen atoms in total. The smallest absolute Gasteiger partial charge is 0.130 e. The summed E-state index contributed by atoms with van der Waals surface area (Å²) in [5.74, 6) is 0. The third kappa shape index (κ3) is 1.74. The zero-order valence-electron chi connectivity index (χ0n) is 11.0. The molecule has 0 saturated carbocycles. The Hall–Kier alpha value is -3.04. The van der Waals surface area contributed by atoms with Gasteiger partial charge in [-0.2, -0.15) is 10.5 Å². The van der Waals surface area contributed by atoms with Crippen LogP contribution in [0.15, 0.2) is 48.0 Å². The van der Waals surface area contributed by atoms with Gasteiger partial charge in [-0.25, -0.2) is 0 Å². The number of benzene rings is 2. The maximum Gasteiger partial charge on any atom is 0.130 e. The molecule has 0 aliphatic rings. The van der Waals surface area contributed by atoms with Crippen LogP contribution in [0.4, 0.5) is 0 Å². The summed E-state index contributed by atoms with van der Waals surface area (Å²) >= 11 is 0. The predicted octanol–water partition coefficient (Wildman–Crippen LogP) is 3.76. The second-order valence-corrected chi connectivity index (χ2v) is 4.63. The summed E-state index contributed by atoms with van der Waals surface area (Å²) in [6.07, 6.45) is 1.61. The molecule has 3 rings (SSSR count). The van der Waals surface area contributed by atoms with E-state index in [9.17, 15) is 0 Å². The van der Waals surface area contributed by atoms with E-state index in [1.807, 2.05) is 49.5 Å². The average Bonchev–Trinajstić information content (AvgIpc) is 2.78. The molecule has 0 atom stereocenters. The van der Waals surface area contributed by atoms with Crippen LogP contribution in [-0.2, 0) is 7.05 Å². The van der Waals surface area contributed by atoms with Crippen LogP contribution in [0.2, 0.25) is 0 Å². The van der Waals surface area contributed by atoms with E-state index >= 15 is 0 Å². The molecule has 3 heteroatoms. The Bertz CT molecular complexity index is 914. The Morgan fingerprint density at radius 3 is 2.45 bits per heavy atom. The standard InChI is InChI=1S/C17H11N3/c1-20-16-5-3-2-4-14(16)15-9-12(6-7-17(15)20)8-13(10-18)11-19/h2-9H,1H3. The second kappa shape index (κ2) is 4.57. The predicted molar refractivity (Wildman–Crippen MR) is 79.6 cm³/mol. The molecule has 0 aliphatic carbocycles. The molecule has 3 aromatic rings. The lowest BCUT2D eigenvalue weighted by Gasteiger charge is -1.98. The molecule has 1 aromatic heterocycles. The van der Waals surface area contributed by atoms with Crippen LogP contribution in [0.1, 0.15) is 5.56 Å². The molecule has 0 bridgehead atoms. The van der Waals surface area contributed by atoms with E-state index in [1.54, 1.807) is 6.08 Å². The highest BCUT2D eigenvalue weighted by Crippen LogP contribution is 2.29. The molecule has 2 aromatic carbocycles. The fourth-order valence-corrected chi connectivity index (χ4v) is 2.53. The van der Waals surface area contributed by atoms with Crippen molar-refractivity contribution >= 4 is 27.9 Å². The maximum atomic E-state index is 8.83. The molecule has 0 aliphatic heterocycles. The van der Waals surface area contributed by atoms with Gasteiger partial charge in [-0.15, -0.1) is 0 Å². The Morgan fingerprint density at radius 1 is 1.00 bits per heavy atom. The van der Waals surface area contributed by atoms with Crippen molar-refractivity contribution in [3.63, 3.8) is 0 Å². The van der Waals surface area contributed by atoms with Gasteiger partial charge in [-0.05, 0) is 29.8 Å². The lowest BCUT2D eigenvalue weighted by Crippen LogP contribution is -1.85. The Morgan fingerprint density at radius 2 is 1.70 bits per heavy atom. The van der Waals surface area contributed by atoms with Gasteiger partial charge in [-0.3, -0.25) is 0 Å². The summed E-state index contributed by atoms with van der Waals surface area (Å²) in [6, 6.07) is 17.9. The quantitative estimate of drug-likeness (QED) is 0.623. The van der Waals surface area contributed by atoms with Crippen molar-refractivity contribution < 1.29 is 0 Å². The van der Waals surface area contributed by atoms with Gasteiger partial charge in [0, 0.05) is 28.9 Å². The Labute approximate surface area is 116 Å². The van der Waals surface area contributed by atoms with Gasteiger partial charge >= 0.3 is 0 Å². The number of rotatable bonds is 1. The van der Waals surface area contributed by atoms with Crippen LogP contribution >= 0.6 is 0 Å². The van der Waals surface area contributed by atoms with Crippen molar-refractivity contribution in [3.8, 4) is 12.1 Å². The minimum atomic E-state index is 0.115. The van der Waals surface area contributed by atoms with Gasteiger partial charge in [0.2, 0.25) is 0 Å². The number of aryl methyl sites for hydroxylation is 1. The zero-order valence-corrected chi connectivity index (χ0v) is 11.0. The first-order valence-electron chi connectivity index (χ1n) is 6.23. The van der Waals surface area contributed by atoms with E-state index in [1.165, 1.54) is 10.9 Å². The molecule has 20 heavy (non-hydrogen) atoms. The number of nitrogens with zero attached hydrogens (tertiary/aromatic N) is 3. The first-order valence-corrected chi connectivity index (χ1v) is 6.23. The van der Waals surface area contributed by atoms with Gasteiger partial charge in [-0.1, -0.05) is 24.3 Å². The summed E-state index contributed by atoms with van der Waals surface area (Å²) in [5, 5.41) is 20.0. The Balaban J connectivity index is 2.32. The van der Waals surface area contributed by atoms with Crippen molar-refractivity contribution in [1.29, 1.82) is 10.5 Å². The molecule has 0 spiro atoms. The first-order chi connectivity index (χ1) is 9.74. The highest BCUT2D eigenvalue weighted by molar-refractivity contribution is 6.08. The third-order valence-corrected chi connectivity index (χ3v) is 3.49. The molecule has 0 fully saturated rings. The van der Waals surface area contributed by atoms with Gasteiger partial charge in [0.05, 0.1) is 0 Å². The van der Waals surface area contributed by atoms with Crippen LogP contribution in [0, 0.1) is 22.7 Å². The summed E-state index contributed by atoms with van der Waals surface area (Å²) < 4.78 is 2.15. The fraction of sp³-hybridized carbons (Fsp3) is 0.0588. The van der Waals surface area contributed by atoms with Crippen LogP contribution in [0.25, 0.3) is 27.9 Å². The zero-order chi connectivity index (χ0) is 14.1. The van der Waals surface area contributed by atoms with Crippen molar-refractivity contribution in [2.24, 2.45) is 7.05 Å². The number of aromatic nitrogens is 1. The van der Waals surface area contributed by atoms with Crippen molar-refractivity contribution in [3.05, 3.63) is 53.6 Å². The normalized spacial score (nSPS) is 10.2. The summed E-state index contributed by atoms with van der Waals surface area (Å²) in [4.78, 5) is 0. The first kappa shape index (κ1) is 12.0. The number of allylic oxidation sites excluding steroid dienone is 1. The molecule has 94 valence electrons. The Kier molecular flexibility index (Phi) is 2.75. The van der Waals surface area contributed by atoms with Gasteiger partial charge in [0.15, 0.2) is 0 Å². The largest absolute Gasteiger partial charge is 0.344 e. The van der Waals surface area contributed by atoms with E-state index in [2.05, 4.69) is 16.7 Å². The van der Waals surface area contributed by atoms with Crippen molar-refractivity contribution in [1.82, 2.24) is 4.57 Å². The van der Waals surface area contributed by atoms with Crippen molar-refractivity contribution in [2.45, 2.75) is 0 Å². The number of para-hydroxylation sites is 1. The number of fused-ring (bicyclic) bond motifs is 3. The lowest BCUT2D eigenvalue weighted by molar-refractivity contribution is 1.01. The summed E-state index contributed by atoms with van der Waals surface area (Å²) in [6.45, 7) is 0. The average molecular weight is 257 g/mol. The number of hydrogen-bond acceptors (Lipinski definition) is 2. The molecule has 0 amide bonds. The van der Waals surface area contributed by atoms with Gasteiger partial charge in [0.25, 0.3) is 0 Å².